The summed E-state index contributed by atoms with van der Waals surface area (Å²) in [5, 5.41) is 9.87. The molecule has 5 nitrogen and oxygen atoms in total. The molecule has 156 valence electrons. The van der Waals surface area contributed by atoms with Gasteiger partial charge >= 0.3 is 0 Å². The predicted molar refractivity (Wildman–Crippen MR) is 119 cm³/mol. The molecule has 2 N–H and O–H groups in total. The standard InChI is InChI=1S/C23H31N3O2S/c1-15-12-17(14-23(3,4)13-15)25-21(26-27)20-11-6-16(2)24-22(20)28-18-7-9-19(29-5)10-8-18/h6-11,15,17,27H,12-14H2,1-5H3,(H,25,26). The van der Waals surface area contributed by atoms with Crippen LogP contribution in [0.5, 0.6) is 11.6 Å². The fraction of sp³-hybridized carbons (Fsp3) is 0.478. The summed E-state index contributed by atoms with van der Waals surface area (Å²) >= 11 is 1.68. The molecular formula is C23H31N3O2S. The highest BCUT2D eigenvalue weighted by molar-refractivity contribution is 7.98. The van der Waals surface area contributed by atoms with Crippen LogP contribution in [0.15, 0.2) is 46.3 Å². The van der Waals surface area contributed by atoms with Crippen molar-refractivity contribution in [2.75, 3.05) is 6.26 Å². The van der Waals surface area contributed by atoms with E-state index in [1.807, 2.05) is 49.6 Å². The number of thioether (sulfide) groups is 1. The van der Waals surface area contributed by atoms with E-state index in [0.717, 1.165) is 18.5 Å². The van der Waals surface area contributed by atoms with Crippen molar-refractivity contribution >= 4 is 17.6 Å². The van der Waals surface area contributed by atoms with E-state index in [4.69, 9.17) is 9.73 Å². The lowest BCUT2D eigenvalue weighted by Gasteiger charge is -2.37. The Hall–Kier alpha value is -2.05. The Kier molecular flexibility index (Phi) is 6.85. The maximum atomic E-state index is 9.87. The van der Waals surface area contributed by atoms with Gasteiger partial charge in [0, 0.05) is 10.6 Å². The molecule has 0 spiro atoms. The maximum Gasteiger partial charge on any atom is 0.230 e. The zero-order chi connectivity index (χ0) is 21.0. The van der Waals surface area contributed by atoms with Crippen LogP contribution in [0, 0.1) is 18.3 Å². The number of amidine groups is 1. The summed E-state index contributed by atoms with van der Waals surface area (Å²) < 4.78 is 6.07. The lowest BCUT2D eigenvalue weighted by molar-refractivity contribution is 0.169. The first-order valence-electron chi connectivity index (χ1n) is 10.1. The van der Waals surface area contributed by atoms with Crippen molar-refractivity contribution in [3.05, 3.63) is 47.7 Å². The van der Waals surface area contributed by atoms with Crippen molar-refractivity contribution in [3.63, 3.8) is 0 Å². The molecule has 2 unspecified atom stereocenters. The van der Waals surface area contributed by atoms with Crippen molar-refractivity contribution in [3.8, 4) is 11.6 Å². The number of hydrogen-bond acceptors (Lipinski definition) is 5. The normalized spacial score (nSPS) is 21.7. The number of hydrogen-bond donors (Lipinski definition) is 2. The Morgan fingerprint density at radius 2 is 1.93 bits per heavy atom. The molecule has 6 heteroatoms. The molecule has 29 heavy (non-hydrogen) atoms. The summed E-state index contributed by atoms with van der Waals surface area (Å²) in [5.41, 5.74) is 4.04. The molecule has 0 radical (unpaired) electrons. The van der Waals surface area contributed by atoms with Gasteiger partial charge in [-0.15, -0.1) is 11.8 Å². The van der Waals surface area contributed by atoms with E-state index in [2.05, 4.69) is 31.2 Å². The van der Waals surface area contributed by atoms with Gasteiger partial charge in [0.05, 0.1) is 11.6 Å². The van der Waals surface area contributed by atoms with E-state index in [1.54, 1.807) is 11.8 Å². The summed E-state index contributed by atoms with van der Waals surface area (Å²) in [5.74, 6) is 2.15. The van der Waals surface area contributed by atoms with Gasteiger partial charge in [-0.3, -0.25) is 15.7 Å². The molecule has 1 aliphatic rings. The van der Waals surface area contributed by atoms with Gasteiger partial charge in [-0.1, -0.05) is 20.8 Å². The summed E-state index contributed by atoms with van der Waals surface area (Å²) in [4.78, 5) is 10.6. The van der Waals surface area contributed by atoms with Gasteiger partial charge < -0.3 is 4.74 Å². The minimum absolute atomic E-state index is 0.151. The highest BCUT2D eigenvalue weighted by Gasteiger charge is 2.32. The fourth-order valence-electron chi connectivity index (χ4n) is 4.28. The van der Waals surface area contributed by atoms with Crippen molar-refractivity contribution in [2.45, 2.75) is 57.9 Å². The highest BCUT2D eigenvalue weighted by atomic mass is 32.2. The number of hydroxylamine groups is 1. The molecule has 0 bridgehead atoms. The Labute approximate surface area is 178 Å². The van der Waals surface area contributed by atoms with Crippen LogP contribution in [0.1, 0.15) is 51.3 Å². The second kappa shape index (κ2) is 9.18. The van der Waals surface area contributed by atoms with Crippen LogP contribution >= 0.6 is 11.8 Å². The zero-order valence-corrected chi connectivity index (χ0v) is 18.7. The molecule has 2 atom stereocenters. The average Bonchev–Trinajstić information content (AvgIpc) is 2.66. The van der Waals surface area contributed by atoms with Gasteiger partial charge in [0.1, 0.15) is 5.75 Å². The van der Waals surface area contributed by atoms with Crippen LogP contribution in [0.3, 0.4) is 0 Å². The van der Waals surface area contributed by atoms with E-state index in [-0.39, 0.29) is 11.5 Å². The number of nitrogens with one attached hydrogen (secondary N) is 1. The quantitative estimate of drug-likeness (QED) is 0.279. The van der Waals surface area contributed by atoms with Gasteiger partial charge in [0.2, 0.25) is 5.88 Å². The Bertz CT molecular complexity index is 865. The van der Waals surface area contributed by atoms with Crippen LogP contribution in [0.25, 0.3) is 0 Å². The highest BCUT2D eigenvalue weighted by Crippen LogP contribution is 2.40. The molecule has 3 rings (SSSR count). The summed E-state index contributed by atoms with van der Waals surface area (Å²) in [6, 6.07) is 11.8. The lowest BCUT2D eigenvalue weighted by atomic mass is 9.71. The summed E-state index contributed by atoms with van der Waals surface area (Å²) in [6.45, 7) is 8.77. The number of rotatable bonds is 5. The molecule has 1 aromatic carbocycles. The molecule has 1 aliphatic carbocycles. The van der Waals surface area contributed by atoms with Gasteiger partial charge in [0.15, 0.2) is 5.84 Å². The number of pyridine rings is 1. The molecule has 0 amide bonds. The first-order chi connectivity index (χ1) is 13.8. The van der Waals surface area contributed by atoms with E-state index in [0.29, 0.717) is 28.9 Å². The molecule has 1 fully saturated rings. The SMILES string of the molecule is CSc1ccc(Oc2nc(C)ccc2C(=NC2CC(C)CC(C)(C)C2)NO)cc1. The van der Waals surface area contributed by atoms with Crippen molar-refractivity contribution in [2.24, 2.45) is 16.3 Å². The first-order valence-corrected chi connectivity index (χ1v) is 11.3. The number of ether oxygens (including phenoxy) is 1. The third kappa shape index (κ3) is 5.73. The Morgan fingerprint density at radius 1 is 1.21 bits per heavy atom. The second-order valence-electron chi connectivity index (χ2n) is 8.74. The minimum Gasteiger partial charge on any atom is -0.438 e. The summed E-state index contributed by atoms with van der Waals surface area (Å²) in [7, 11) is 0. The van der Waals surface area contributed by atoms with Crippen molar-refractivity contribution < 1.29 is 9.94 Å². The van der Waals surface area contributed by atoms with Crippen LogP contribution in [-0.4, -0.2) is 28.3 Å². The van der Waals surface area contributed by atoms with E-state index in [1.165, 1.54) is 11.3 Å². The van der Waals surface area contributed by atoms with E-state index < -0.39 is 0 Å². The number of nitrogens with zero attached hydrogens (tertiary/aromatic N) is 2. The third-order valence-corrected chi connectivity index (χ3v) is 6.05. The summed E-state index contributed by atoms with van der Waals surface area (Å²) in [6.07, 6.45) is 5.25. The van der Waals surface area contributed by atoms with Crippen molar-refractivity contribution in [1.82, 2.24) is 10.5 Å². The fourth-order valence-corrected chi connectivity index (χ4v) is 4.69. The molecule has 2 aromatic rings. The second-order valence-corrected chi connectivity index (χ2v) is 9.62. The number of aliphatic imine (C=N–C) groups is 1. The van der Waals surface area contributed by atoms with Crippen LogP contribution in [-0.2, 0) is 0 Å². The zero-order valence-electron chi connectivity index (χ0n) is 17.9. The van der Waals surface area contributed by atoms with Crippen molar-refractivity contribution in [1.29, 1.82) is 0 Å². The molecule has 0 saturated heterocycles. The van der Waals surface area contributed by atoms with E-state index in [9.17, 15) is 5.21 Å². The van der Waals surface area contributed by atoms with Gasteiger partial charge in [-0.25, -0.2) is 4.98 Å². The topological polar surface area (TPSA) is 66.7 Å². The number of aryl methyl sites for hydroxylation is 1. The number of benzene rings is 1. The van der Waals surface area contributed by atoms with Crippen LogP contribution in [0.4, 0.5) is 0 Å². The average molecular weight is 414 g/mol. The Balaban J connectivity index is 1.91. The third-order valence-electron chi connectivity index (χ3n) is 5.31. The van der Waals surface area contributed by atoms with Gasteiger partial charge in [-0.2, -0.15) is 0 Å². The molecule has 0 aliphatic heterocycles. The minimum atomic E-state index is 0.151. The molecule has 1 aromatic heterocycles. The Morgan fingerprint density at radius 3 is 2.55 bits per heavy atom. The molecular weight excluding hydrogens is 382 g/mol. The van der Waals surface area contributed by atoms with Gasteiger partial charge in [0.25, 0.3) is 0 Å². The number of aromatic nitrogens is 1. The first kappa shape index (κ1) is 21.7. The molecule has 1 heterocycles. The monoisotopic (exact) mass is 413 g/mol. The van der Waals surface area contributed by atoms with Gasteiger partial charge in [-0.05, 0) is 80.2 Å². The maximum absolute atomic E-state index is 9.87. The lowest BCUT2D eigenvalue weighted by Crippen LogP contribution is -2.32. The predicted octanol–water partition coefficient (Wildman–Crippen LogP) is 5.84. The van der Waals surface area contributed by atoms with E-state index >= 15 is 0 Å². The largest absolute Gasteiger partial charge is 0.438 e. The van der Waals surface area contributed by atoms with Crippen LogP contribution in [0.2, 0.25) is 0 Å². The molecule has 1 saturated carbocycles. The van der Waals surface area contributed by atoms with Crippen LogP contribution < -0.4 is 10.2 Å². The smallest absolute Gasteiger partial charge is 0.230 e.